The molecule has 0 aliphatic carbocycles. The molecule has 31 heavy (non-hydrogen) atoms. The van der Waals surface area contributed by atoms with Crippen LogP contribution in [0.25, 0.3) is 28.3 Å². The number of allylic oxidation sites excluding steroid dienone is 3. The topological polar surface area (TPSA) is 12.0 Å². The molecular formula is C30H25N. The van der Waals surface area contributed by atoms with E-state index in [1.165, 1.54) is 22.3 Å². The van der Waals surface area contributed by atoms with E-state index in [1.54, 1.807) is 0 Å². The lowest BCUT2D eigenvalue weighted by molar-refractivity contribution is 1.47. The first-order chi connectivity index (χ1) is 15.3. The fourth-order valence-corrected chi connectivity index (χ4v) is 3.45. The van der Waals surface area contributed by atoms with Gasteiger partial charge in [0.2, 0.25) is 0 Å². The maximum atomic E-state index is 3.95. The minimum absolute atomic E-state index is 0.945. The third kappa shape index (κ3) is 5.49. The molecule has 0 heterocycles. The van der Waals surface area contributed by atoms with Crippen LogP contribution < -0.4 is 5.32 Å². The molecule has 0 bridgehead atoms. The number of hydrogen-bond acceptors (Lipinski definition) is 1. The number of anilines is 1. The van der Waals surface area contributed by atoms with Crippen LogP contribution in [0.15, 0.2) is 140 Å². The van der Waals surface area contributed by atoms with Crippen LogP contribution in [0.2, 0.25) is 0 Å². The first-order valence-electron chi connectivity index (χ1n) is 10.4. The Bertz CT molecular complexity index is 1200. The average Bonchev–Trinajstić information content (AvgIpc) is 2.85. The van der Waals surface area contributed by atoms with Crippen LogP contribution >= 0.6 is 0 Å². The van der Waals surface area contributed by atoms with E-state index in [-0.39, 0.29) is 0 Å². The van der Waals surface area contributed by atoms with Gasteiger partial charge in [-0.25, -0.2) is 0 Å². The van der Waals surface area contributed by atoms with Gasteiger partial charge in [0, 0.05) is 11.4 Å². The minimum atomic E-state index is 0.945. The first-order valence-corrected chi connectivity index (χ1v) is 10.4. The van der Waals surface area contributed by atoms with Crippen molar-refractivity contribution in [2.24, 2.45) is 0 Å². The van der Waals surface area contributed by atoms with Crippen molar-refractivity contribution >= 4 is 11.8 Å². The summed E-state index contributed by atoms with van der Waals surface area (Å²) in [7, 11) is 0. The zero-order valence-corrected chi connectivity index (χ0v) is 17.4. The van der Waals surface area contributed by atoms with Gasteiger partial charge in [0.1, 0.15) is 0 Å². The Kier molecular flexibility index (Phi) is 6.57. The van der Waals surface area contributed by atoms with E-state index in [0.717, 1.165) is 16.9 Å². The maximum absolute atomic E-state index is 3.95. The average molecular weight is 400 g/mol. The maximum Gasteiger partial charge on any atom is 0.0390 e. The normalized spacial score (nSPS) is 11.4. The molecule has 0 aliphatic heterocycles. The summed E-state index contributed by atoms with van der Waals surface area (Å²) in [6.07, 6.45) is 8.03. The summed E-state index contributed by atoms with van der Waals surface area (Å²) >= 11 is 0. The summed E-state index contributed by atoms with van der Waals surface area (Å²) in [6.45, 7) is 3.95. The summed E-state index contributed by atoms with van der Waals surface area (Å²) in [5, 5.41) is 3.45. The number of rotatable bonds is 7. The van der Waals surface area contributed by atoms with Crippen molar-refractivity contribution in [2.75, 3.05) is 5.32 Å². The second-order valence-corrected chi connectivity index (χ2v) is 7.25. The summed E-state index contributed by atoms with van der Waals surface area (Å²) in [5.74, 6) is 0. The molecule has 150 valence electrons. The molecule has 1 heteroatoms. The van der Waals surface area contributed by atoms with Crippen molar-refractivity contribution in [3.05, 3.63) is 145 Å². The summed E-state index contributed by atoms with van der Waals surface area (Å²) in [5.41, 5.74) is 7.96. The molecule has 0 atom stereocenters. The number of hydrogen-bond donors (Lipinski definition) is 1. The molecule has 0 aromatic heterocycles. The van der Waals surface area contributed by atoms with Gasteiger partial charge in [-0.3, -0.25) is 0 Å². The molecule has 0 saturated carbocycles. The predicted molar refractivity (Wildman–Crippen MR) is 135 cm³/mol. The molecule has 4 aromatic carbocycles. The van der Waals surface area contributed by atoms with Crippen molar-refractivity contribution < 1.29 is 0 Å². The standard InChI is InChI=1S/C30H25N/c1-2-29(31-30-21-11-19-28(23-30)26-16-7-4-8-17-26)20-10-13-24-12-9-18-27(22-24)25-14-5-3-6-15-25/h2-23,31H,1H2/b13-10+,29-20+. The Morgan fingerprint density at radius 2 is 1.19 bits per heavy atom. The molecule has 0 amide bonds. The van der Waals surface area contributed by atoms with Crippen LogP contribution in [0.5, 0.6) is 0 Å². The fourth-order valence-electron chi connectivity index (χ4n) is 3.45. The van der Waals surface area contributed by atoms with E-state index >= 15 is 0 Å². The van der Waals surface area contributed by atoms with Crippen molar-refractivity contribution in [3.63, 3.8) is 0 Å². The SMILES string of the molecule is C=C/C(=C\C=C\c1cccc(-c2ccccc2)c1)Nc1cccc(-c2ccccc2)c1. The van der Waals surface area contributed by atoms with Gasteiger partial charge < -0.3 is 5.32 Å². The van der Waals surface area contributed by atoms with Gasteiger partial charge in [-0.1, -0.05) is 110 Å². The van der Waals surface area contributed by atoms with Crippen LogP contribution in [0.4, 0.5) is 5.69 Å². The highest BCUT2D eigenvalue weighted by Gasteiger charge is 2.00. The van der Waals surface area contributed by atoms with Crippen LogP contribution in [0, 0.1) is 0 Å². The van der Waals surface area contributed by atoms with Gasteiger partial charge >= 0.3 is 0 Å². The van der Waals surface area contributed by atoms with E-state index in [1.807, 2.05) is 24.3 Å². The highest BCUT2D eigenvalue weighted by Crippen LogP contribution is 2.23. The highest BCUT2D eigenvalue weighted by atomic mass is 14.9. The molecule has 0 saturated heterocycles. The van der Waals surface area contributed by atoms with Crippen molar-refractivity contribution in [1.29, 1.82) is 0 Å². The van der Waals surface area contributed by atoms with Gasteiger partial charge in [0.25, 0.3) is 0 Å². The van der Waals surface area contributed by atoms with E-state index in [9.17, 15) is 0 Å². The Morgan fingerprint density at radius 3 is 1.84 bits per heavy atom. The molecule has 0 aliphatic rings. The van der Waals surface area contributed by atoms with Crippen molar-refractivity contribution in [1.82, 2.24) is 0 Å². The predicted octanol–water partition coefficient (Wildman–Crippen LogP) is 8.22. The fraction of sp³-hybridized carbons (Fsp3) is 0. The van der Waals surface area contributed by atoms with E-state index in [2.05, 4.69) is 121 Å². The quantitative estimate of drug-likeness (QED) is 0.309. The molecule has 0 unspecified atom stereocenters. The highest BCUT2D eigenvalue weighted by molar-refractivity contribution is 5.70. The second kappa shape index (κ2) is 10.1. The van der Waals surface area contributed by atoms with Crippen molar-refractivity contribution in [3.8, 4) is 22.3 Å². The molecule has 1 nitrogen and oxygen atoms in total. The van der Waals surface area contributed by atoms with Gasteiger partial charge in [0.15, 0.2) is 0 Å². The largest absolute Gasteiger partial charge is 0.356 e. The van der Waals surface area contributed by atoms with E-state index < -0.39 is 0 Å². The molecule has 1 N–H and O–H groups in total. The minimum Gasteiger partial charge on any atom is -0.356 e. The Hall–Kier alpha value is -4.10. The number of nitrogens with one attached hydrogen (secondary N) is 1. The third-order valence-corrected chi connectivity index (χ3v) is 5.04. The summed E-state index contributed by atoms with van der Waals surface area (Å²) in [6, 6.07) is 37.8. The lowest BCUT2D eigenvalue weighted by atomic mass is 10.0. The molecule has 0 radical (unpaired) electrons. The molecular weight excluding hydrogens is 374 g/mol. The molecule has 4 rings (SSSR count). The monoisotopic (exact) mass is 399 g/mol. The lowest BCUT2D eigenvalue weighted by Crippen LogP contribution is -1.96. The zero-order valence-electron chi connectivity index (χ0n) is 17.4. The molecule has 4 aromatic rings. The van der Waals surface area contributed by atoms with Gasteiger partial charge in [-0.2, -0.15) is 0 Å². The molecule has 0 fully saturated rings. The summed E-state index contributed by atoms with van der Waals surface area (Å²) in [4.78, 5) is 0. The van der Waals surface area contributed by atoms with Crippen LogP contribution in [-0.4, -0.2) is 0 Å². The Balaban J connectivity index is 1.49. The van der Waals surface area contributed by atoms with E-state index in [4.69, 9.17) is 0 Å². The lowest BCUT2D eigenvalue weighted by Gasteiger charge is -2.09. The zero-order chi connectivity index (χ0) is 21.3. The smallest absolute Gasteiger partial charge is 0.0390 e. The van der Waals surface area contributed by atoms with E-state index in [0.29, 0.717) is 0 Å². The summed E-state index contributed by atoms with van der Waals surface area (Å²) < 4.78 is 0. The third-order valence-electron chi connectivity index (χ3n) is 5.04. The van der Waals surface area contributed by atoms with Gasteiger partial charge in [-0.15, -0.1) is 0 Å². The Morgan fingerprint density at radius 1 is 0.613 bits per heavy atom. The van der Waals surface area contributed by atoms with Crippen LogP contribution in [0.3, 0.4) is 0 Å². The Labute approximate surface area is 184 Å². The second-order valence-electron chi connectivity index (χ2n) is 7.25. The van der Waals surface area contributed by atoms with Crippen LogP contribution in [0.1, 0.15) is 5.56 Å². The van der Waals surface area contributed by atoms with Crippen LogP contribution in [-0.2, 0) is 0 Å². The van der Waals surface area contributed by atoms with Crippen molar-refractivity contribution in [2.45, 2.75) is 0 Å². The van der Waals surface area contributed by atoms with Gasteiger partial charge in [0.05, 0.1) is 0 Å². The number of benzene rings is 4. The first kappa shape index (κ1) is 20.2. The molecule has 0 spiro atoms. The van der Waals surface area contributed by atoms with Gasteiger partial charge in [-0.05, 0) is 58.2 Å².